The Morgan fingerprint density at radius 2 is 1.59 bits per heavy atom. The van der Waals surface area contributed by atoms with Gasteiger partial charge in [0.05, 0.1) is 0 Å². The van der Waals surface area contributed by atoms with Gasteiger partial charge in [-0.2, -0.15) is 0 Å². The van der Waals surface area contributed by atoms with Gasteiger partial charge in [-0.05, 0) is 47.5 Å². The summed E-state index contributed by atoms with van der Waals surface area (Å²) in [6.07, 6.45) is 13.6. The van der Waals surface area contributed by atoms with Crippen molar-refractivity contribution in [2.75, 3.05) is 0 Å². The van der Waals surface area contributed by atoms with Crippen LogP contribution < -0.4 is 0 Å². The molecule has 0 radical (unpaired) electrons. The Kier molecular flexibility index (Phi) is 5.32. The minimum Gasteiger partial charge on any atom is -0.0849 e. The third kappa shape index (κ3) is 5.16. The summed E-state index contributed by atoms with van der Waals surface area (Å²) in [6, 6.07) is 10.6. The lowest BCUT2D eigenvalue weighted by molar-refractivity contribution is 0.286. The average molecular weight is 296 g/mol. The first-order valence-corrected chi connectivity index (χ1v) is 8.70. The van der Waals surface area contributed by atoms with Crippen molar-refractivity contribution in [3.05, 3.63) is 54.1 Å². The van der Waals surface area contributed by atoms with Crippen molar-refractivity contribution in [1.29, 1.82) is 0 Å². The maximum absolute atomic E-state index is 2.47. The Morgan fingerprint density at radius 3 is 2.23 bits per heavy atom. The van der Waals surface area contributed by atoms with Gasteiger partial charge < -0.3 is 0 Å². The largest absolute Gasteiger partial charge is 0.0849 e. The fourth-order valence-electron chi connectivity index (χ4n) is 3.30. The van der Waals surface area contributed by atoms with Crippen LogP contribution in [-0.4, -0.2) is 0 Å². The van der Waals surface area contributed by atoms with Crippen LogP contribution in [0.25, 0.3) is 6.08 Å². The van der Waals surface area contributed by atoms with Gasteiger partial charge >= 0.3 is 0 Å². The molecule has 0 N–H and O–H groups in total. The number of benzene rings is 1. The van der Waals surface area contributed by atoms with Gasteiger partial charge in [-0.15, -0.1) is 0 Å². The maximum Gasteiger partial charge on any atom is -0.0143 e. The molecule has 1 aliphatic carbocycles. The molecule has 1 fully saturated rings. The first-order valence-electron chi connectivity index (χ1n) is 8.70. The topological polar surface area (TPSA) is 0 Å². The molecule has 0 saturated heterocycles. The summed E-state index contributed by atoms with van der Waals surface area (Å²) in [4.78, 5) is 0. The molecule has 0 bridgehead atoms. The fraction of sp³-hybridized carbons (Fsp3) is 0.545. The molecule has 0 aliphatic heterocycles. The van der Waals surface area contributed by atoms with Crippen LogP contribution in [0.15, 0.2) is 48.6 Å². The maximum atomic E-state index is 2.47. The van der Waals surface area contributed by atoms with Gasteiger partial charge in [0, 0.05) is 0 Å². The van der Waals surface area contributed by atoms with E-state index in [0.29, 0.717) is 5.41 Å². The van der Waals surface area contributed by atoms with Crippen LogP contribution in [0.2, 0.25) is 0 Å². The highest BCUT2D eigenvalue weighted by molar-refractivity contribution is 5.49. The third-order valence-electron chi connectivity index (χ3n) is 4.90. The molecule has 1 saturated carbocycles. The van der Waals surface area contributed by atoms with Gasteiger partial charge in [0.15, 0.2) is 0 Å². The van der Waals surface area contributed by atoms with Crippen molar-refractivity contribution in [3.8, 4) is 0 Å². The van der Waals surface area contributed by atoms with Crippen molar-refractivity contribution < 1.29 is 0 Å². The summed E-state index contributed by atoms with van der Waals surface area (Å²) >= 11 is 0. The monoisotopic (exact) mass is 296 g/mol. The van der Waals surface area contributed by atoms with Gasteiger partial charge in [-0.1, -0.05) is 89.3 Å². The summed E-state index contributed by atoms with van der Waals surface area (Å²) in [5, 5.41) is 0. The summed E-state index contributed by atoms with van der Waals surface area (Å²) < 4.78 is 0. The van der Waals surface area contributed by atoms with E-state index in [1.165, 1.54) is 24.8 Å². The zero-order chi connectivity index (χ0) is 16.2. The van der Waals surface area contributed by atoms with Crippen molar-refractivity contribution in [3.63, 3.8) is 0 Å². The Hall–Kier alpha value is -1.30. The number of hydrogen-bond acceptors (Lipinski definition) is 0. The zero-order valence-corrected chi connectivity index (χ0v) is 15.0. The van der Waals surface area contributed by atoms with Gasteiger partial charge in [-0.25, -0.2) is 0 Å². The number of rotatable bonds is 4. The zero-order valence-electron chi connectivity index (χ0n) is 15.0. The van der Waals surface area contributed by atoms with E-state index < -0.39 is 0 Å². The summed E-state index contributed by atoms with van der Waals surface area (Å²) in [7, 11) is 0. The molecule has 2 atom stereocenters. The minimum atomic E-state index is 0.278. The SMILES string of the molecule is CC(C)(C)/C=C/C1CCC(C(C)(C)/C=C/c2ccccc2)C1. The standard InChI is InChI=1S/C22H32/c1-21(2,3)15-13-19-11-12-20(17-19)22(4,5)16-14-18-9-7-6-8-10-18/h6-10,13-16,19-20H,11-12,17H2,1-5H3/b15-13+,16-14+. The van der Waals surface area contributed by atoms with E-state index in [-0.39, 0.29) is 5.41 Å². The highest BCUT2D eigenvalue weighted by Crippen LogP contribution is 2.44. The molecule has 2 rings (SSSR count). The molecule has 22 heavy (non-hydrogen) atoms. The second-order valence-electron chi connectivity index (χ2n) is 8.56. The lowest BCUT2D eigenvalue weighted by Gasteiger charge is -2.28. The van der Waals surface area contributed by atoms with E-state index in [2.05, 4.69) is 89.3 Å². The van der Waals surface area contributed by atoms with Crippen molar-refractivity contribution in [2.45, 2.75) is 53.9 Å². The molecular weight excluding hydrogens is 264 g/mol. The van der Waals surface area contributed by atoms with Crippen molar-refractivity contribution in [2.24, 2.45) is 22.7 Å². The van der Waals surface area contributed by atoms with Crippen LogP contribution in [-0.2, 0) is 0 Å². The van der Waals surface area contributed by atoms with E-state index in [1.54, 1.807) is 0 Å². The highest BCUT2D eigenvalue weighted by Gasteiger charge is 2.33. The first kappa shape index (κ1) is 17.1. The van der Waals surface area contributed by atoms with E-state index >= 15 is 0 Å². The first-order chi connectivity index (χ1) is 10.3. The van der Waals surface area contributed by atoms with Crippen molar-refractivity contribution in [1.82, 2.24) is 0 Å². The quantitative estimate of drug-likeness (QED) is 0.539. The lowest BCUT2D eigenvalue weighted by Crippen LogP contribution is -2.19. The van der Waals surface area contributed by atoms with Crippen LogP contribution in [0.4, 0.5) is 0 Å². The Balaban J connectivity index is 1.96. The van der Waals surface area contributed by atoms with E-state index in [1.807, 2.05) is 0 Å². The molecule has 0 spiro atoms. The van der Waals surface area contributed by atoms with E-state index in [4.69, 9.17) is 0 Å². The second-order valence-corrected chi connectivity index (χ2v) is 8.56. The second kappa shape index (κ2) is 6.86. The van der Waals surface area contributed by atoms with Crippen LogP contribution in [0.5, 0.6) is 0 Å². The highest BCUT2D eigenvalue weighted by atomic mass is 14.4. The lowest BCUT2D eigenvalue weighted by atomic mass is 9.77. The van der Waals surface area contributed by atoms with Crippen molar-refractivity contribution >= 4 is 6.08 Å². The molecule has 120 valence electrons. The van der Waals surface area contributed by atoms with E-state index in [0.717, 1.165) is 11.8 Å². The van der Waals surface area contributed by atoms with Crippen LogP contribution in [0.3, 0.4) is 0 Å². The Labute approximate surface area is 137 Å². The molecule has 1 aromatic rings. The summed E-state index contributed by atoms with van der Waals surface area (Å²) in [5.41, 5.74) is 1.89. The van der Waals surface area contributed by atoms with Crippen LogP contribution in [0.1, 0.15) is 59.4 Å². The molecule has 0 nitrogen and oxygen atoms in total. The van der Waals surface area contributed by atoms with Gasteiger partial charge in [0.2, 0.25) is 0 Å². The molecular formula is C22H32. The molecule has 0 aromatic heterocycles. The minimum absolute atomic E-state index is 0.278. The molecule has 0 heteroatoms. The fourth-order valence-corrected chi connectivity index (χ4v) is 3.30. The Bertz CT molecular complexity index is 511. The van der Waals surface area contributed by atoms with Gasteiger partial charge in [-0.3, -0.25) is 0 Å². The molecule has 0 heterocycles. The Morgan fingerprint density at radius 1 is 0.909 bits per heavy atom. The number of allylic oxidation sites excluding steroid dienone is 3. The van der Waals surface area contributed by atoms with E-state index in [9.17, 15) is 0 Å². The number of hydrogen-bond donors (Lipinski definition) is 0. The van der Waals surface area contributed by atoms with Gasteiger partial charge in [0.1, 0.15) is 0 Å². The third-order valence-corrected chi connectivity index (χ3v) is 4.90. The predicted molar refractivity (Wildman–Crippen MR) is 98.7 cm³/mol. The molecule has 2 unspecified atom stereocenters. The molecule has 0 amide bonds. The smallest absolute Gasteiger partial charge is 0.0143 e. The van der Waals surface area contributed by atoms with Gasteiger partial charge in [0.25, 0.3) is 0 Å². The predicted octanol–water partition coefficient (Wildman–Crippen LogP) is 6.74. The molecule has 1 aliphatic rings. The van der Waals surface area contributed by atoms with Crippen LogP contribution in [0, 0.1) is 22.7 Å². The molecule has 1 aromatic carbocycles. The average Bonchev–Trinajstić information content (AvgIpc) is 2.93. The summed E-state index contributed by atoms with van der Waals surface area (Å²) in [5.74, 6) is 1.57. The van der Waals surface area contributed by atoms with Crippen LogP contribution >= 0.6 is 0 Å². The normalized spacial score (nSPS) is 23.7. The summed E-state index contributed by atoms with van der Waals surface area (Å²) in [6.45, 7) is 11.6.